The van der Waals surface area contributed by atoms with Crippen LogP contribution in [0.5, 0.6) is 0 Å². The lowest BCUT2D eigenvalue weighted by molar-refractivity contribution is 0.0169. The molecule has 2 rings (SSSR count). The average Bonchev–Trinajstić information content (AvgIpc) is 2.24. The van der Waals surface area contributed by atoms with Crippen molar-refractivity contribution in [3.8, 4) is 0 Å². The van der Waals surface area contributed by atoms with Crippen molar-refractivity contribution >= 4 is 0 Å². The summed E-state index contributed by atoms with van der Waals surface area (Å²) >= 11 is 0. The third-order valence-electron chi connectivity index (χ3n) is 3.55. The van der Waals surface area contributed by atoms with Gasteiger partial charge in [-0.05, 0) is 49.9 Å². The van der Waals surface area contributed by atoms with Crippen LogP contribution in [-0.2, 0) is 6.42 Å². The fourth-order valence-corrected chi connectivity index (χ4v) is 2.40. The van der Waals surface area contributed by atoms with Crippen LogP contribution in [0.25, 0.3) is 0 Å². The van der Waals surface area contributed by atoms with Crippen molar-refractivity contribution in [2.45, 2.75) is 38.7 Å². The molecule has 1 fully saturated rings. The highest BCUT2D eigenvalue weighted by Gasteiger charge is 2.29. The lowest BCUT2D eigenvalue weighted by Crippen LogP contribution is -2.47. The van der Waals surface area contributed by atoms with Crippen molar-refractivity contribution in [1.82, 2.24) is 5.32 Å². The van der Waals surface area contributed by atoms with E-state index in [0.29, 0.717) is 0 Å². The Morgan fingerprint density at radius 3 is 2.75 bits per heavy atom. The van der Waals surface area contributed by atoms with E-state index in [1.165, 1.54) is 16.7 Å². The number of hydrogen-bond acceptors (Lipinski definition) is 2. The molecule has 0 amide bonds. The Hall–Kier alpha value is -0.860. The van der Waals surface area contributed by atoms with E-state index in [-0.39, 0.29) is 0 Å². The maximum Gasteiger partial charge on any atom is 0.0812 e. The van der Waals surface area contributed by atoms with E-state index in [1.807, 2.05) is 0 Å². The van der Waals surface area contributed by atoms with Crippen molar-refractivity contribution in [3.05, 3.63) is 34.9 Å². The summed E-state index contributed by atoms with van der Waals surface area (Å²) in [5, 5.41) is 13.7. The Bertz CT molecular complexity index is 367. The van der Waals surface area contributed by atoms with Gasteiger partial charge in [0.15, 0.2) is 0 Å². The summed E-state index contributed by atoms with van der Waals surface area (Å²) in [6, 6.07) is 6.47. The zero-order chi connectivity index (χ0) is 11.6. The molecule has 0 aromatic heterocycles. The Morgan fingerprint density at radius 1 is 1.31 bits per heavy atom. The first-order valence-electron chi connectivity index (χ1n) is 6.08. The van der Waals surface area contributed by atoms with Crippen LogP contribution < -0.4 is 5.32 Å². The molecule has 0 radical (unpaired) electrons. The van der Waals surface area contributed by atoms with Crippen molar-refractivity contribution in [1.29, 1.82) is 0 Å². The Balaban J connectivity index is 2.10. The summed E-state index contributed by atoms with van der Waals surface area (Å²) in [5.74, 6) is 0. The lowest BCUT2D eigenvalue weighted by atomic mass is 9.87. The third-order valence-corrected chi connectivity index (χ3v) is 3.55. The number of hydrogen-bond donors (Lipinski definition) is 2. The second-order valence-corrected chi connectivity index (χ2v) is 5.10. The molecular formula is C14H21NO. The van der Waals surface area contributed by atoms with Crippen LogP contribution in [0.1, 0.15) is 29.5 Å². The fraction of sp³-hybridized carbons (Fsp3) is 0.571. The van der Waals surface area contributed by atoms with Gasteiger partial charge in [0, 0.05) is 13.0 Å². The first kappa shape index (κ1) is 11.6. The number of piperidine rings is 1. The van der Waals surface area contributed by atoms with Crippen LogP contribution in [0.3, 0.4) is 0 Å². The largest absolute Gasteiger partial charge is 0.388 e. The smallest absolute Gasteiger partial charge is 0.0812 e. The molecule has 2 heteroatoms. The standard InChI is InChI=1S/C14H21NO/c1-11-4-5-13(8-12(11)2)9-14(16)6-3-7-15-10-14/h4-5,8,15-16H,3,6-7,9-10H2,1-2H3. The quantitative estimate of drug-likeness (QED) is 0.797. The molecule has 1 atom stereocenters. The van der Waals surface area contributed by atoms with Gasteiger partial charge in [-0.15, -0.1) is 0 Å². The highest BCUT2D eigenvalue weighted by atomic mass is 16.3. The predicted molar refractivity (Wildman–Crippen MR) is 66.7 cm³/mol. The minimum atomic E-state index is -0.542. The van der Waals surface area contributed by atoms with Crippen LogP contribution in [0.4, 0.5) is 0 Å². The van der Waals surface area contributed by atoms with Crippen LogP contribution in [0.15, 0.2) is 18.2 Å². The van der Waals surface area contributed by atoms with Crippen molar-refractivity contribution in [2.24, 2.45) is 0 Å². The molecule has 88 valence electrons. The molecule has 1 aromatic rings. The second kappa shape index (κ2) is 4.56. The molecule has 1 unspecified atom stereocenters. The highest BCUT2D eigenvalue weighted by Crippen LogP contribution is 2.22. The molecule has 1 aliphatic rings. The molecule has 1 saturated heterocycles. The SMILES string of the molecule is Cc1ccc(CC2(O)CCCNC2)cc1C. The number of benzene rings is 1. The van der Waals surface area contributed by atoms with Crippen LogP contribution >= 0.6 is 0 Å². The molecule has 16 heavy (non-hydrogen) atoms. The van der Waals surface area contributed by atoms with Crippen LogP contribution in [0.2, 0.25) is 0 Å². The van der Waals surface area contributed by atoms with Crippen molar-refractivity contribution < 1.29 is 5.11 Å². The van der Waals surface area contributed by atoms with Gasteiger partial charge < -0.3 is 10.4 Å². The highest BCUT2D eigenvalue weighted by molar-refractivity contribution is 5.30. The van der Waals surface area contributed by atoms with E-state index in [1.54, 1.807) is 0 Å². The van der Waals surface area contributed by atoms with E-state index < -0.39 is 5.60 Å². The molecule has 0 saturated carbocycles. The van der Waals surface area contributed by atoms with Gasteiger partial charge in [0.05, 0.1) is 5.60 Å². The maximum atomic E-state index is 10.4. The number of nitrogens with one attached hydrogen (secondary N) is 1. The molecule has 1 aromatic carbocycles. The van der Waals surface area contributed by atoms with Crippen LogP contribution in [0, 0.1) is 13.8 Å². The zero-order valence-electron chi connectivity index (χ0n) is 10.2. The van der Waals surface area contributed by atoms with E-state index in [9.17, 15) is 5.11 Å². The van der Waals surface area contributed by atoms with Gasteiger partial charge in [0.1, 0.15) is 0 Å². The average molecular weight is 219 g/mol. The molecule has 2 nitrogen and oxygen atoms in total. The minimum Gasteiger partial charge on any atom is -0.388 e. The number of rotatable bonds is 2. The molecule has 0 bridgehead atoms. The lowest BCUT2D eigenvalue weighted by Gasteiger charge is -2.32. The van der Waals surface area contributed by atoms with Gasteiger partial charge in [-0.3, -0.25) is 0 Å². The summed E-state index contributed by atoms with van der Waals surface area (Å²) in [5.41, 5.74) is 3.33. The van der Waals surface area contributed by atoms with E-state index in [2.05, 4.69) is 37.4 Å². The Morgan fingerprint density at radius 2 is 2.12 bits per heavy atom. The Kier molecular flexibility index (Phi) is 3.31. The number of aliphatic hydroxyl groups is 1. The van der Waals surface area contributed by atoms with E-state index >= 15 is 0 Å². The maximum absolute atomic E-state index is 10.4. The topological polar surface area (TPSA) is 32.3 Å². The molecule has 0 spiro atoms. The molecule has 0 aliphatic carbocycles. The first-order chi connectivity index (χ1) is 7.59. The van der Waals surface area contributed by atoms with Gasteiger partial charge in [0.25, 0.3) is 0 Å². The van der Waals surface area contributed by atoms with Gasteiger partial charge in [-0.25, -0.2) is 0 Å². The third kappa shape index (κ3) is 2.63. The second-order valence-electron chi connectivity index (χ2n) is 5.10. The van der Waals surface area contributed by atoms with Crippen LogP contribution in [-0.4, -0.2) is 23.8 Å². The monoisotopic (exact) mass is 219 g/mol. The summed E-state index contributed by atoms with van der Waals surface area (Å²) in [6.45, 7) is 6.01. The van der Waals surface area contributed by atoms with Crippen molar-refractivity contribution in [2.75, 3.05) is 13.1 Å². The summed E-state index contributed by atoms with van der Waals surface area (Å²) in [4.78, 5) is 0. The van der Waals surface area contributed by atoms with E-state index in [0.717, 1.165) is 32.4 Å². The molecule has 2 N–H and O–H groups in total. The predicted octanol–water partition coefficient (Wildman–Crippen LogP) is 1.96. The van der Waals surface area contributed by atoms with Gasteiger partial charge in [0.2, 0.25) is 0 Å². The summed E-state index contributed by atoms with van der Waals surface area (Å²) in [6.07, 6.45) is 2.75. The number of aryl methyl sites for hydroxylation is 2. The van der Waals surface area contributed by atoms with Gasteiger partial charge in [-0.1, -0.05) is 18.2 Å². The molecule has 1 aliphatic heterocycles. The van der Waals surface area contributed by atoms with E-state index in [4.69, 9.17) is 0 Å². The summed E-state index contributed by atoms with van der Waals surface area (Å²) in [7, 11) is 0. The first-order valence-corrected chi connectivity index (χ1v) is 6.08. The molecular weight excluding hydrogens is 198 g/mol. The number of β-amino-alcohol motifs (C(OH)–C–C–N with tert-alkyl or cyclic N) is 1. The molecule has 1 heterocycles. The minimum absolute atomic E-state index is 0.542. The zero-order valence-corrected chi connectivity index (χ0v) is 10.2. The van der Waals surface area contributed by atoms with Gasteiger partial charge >= 0.3 is 0 Å². The Labute approximate surface area is 97.7 Å². The summed E-state index contributed by atoms with van der Waals surface area (Å²) < 4.78 is 0. The van der Waals surface area contributed by atoms with Crippen molar-refractivity contribution in [3.63, 3.8) is 0 Å². The fourth-order valence-electron chi connectivity index (χ4n) is 2.40. The normalized spacial score (nSPS) is 25.7. The van der Waals surface area contributed by atoms with Gasteiger partial charge in [-0.2, -0.15) is 0 Å².